The zero-order valence-corrected chi connectivity index (χ0v) is 16.2. The van der Waals surface area contributed by atoms with Gasteiger partial charge in [-0.05, 0) is 42.7 Å². The molecular formula is C21H26ClN3O2. The number of amides is 2. The molecule has 27 heavy (non-hydrogen) atoms. The van der Waals surface area contributed by atoms with Crippen LogP contribution in [-0.2, 0) is 4.79 Å². The predicted octanol–water partition coefficient (Wildman–Crippen LogP) is 3.62. The second-order valence-electron chi connectivity index (χ2n) is 6.79. The third-order valence-electron chi connectivity index (χ3n) is 4.93. The lowest BCUT2D eigenvalue weighted by molar-refractivity contribution is -0.120. The van der Waals surface area contributed by atoms with Gasteiger partial charge < -0.3 is 16.0 Å². The molecule has 0 saturated carbocycles. The van der Waals surface area contributed by atoms with Gasteiger partial charge in [-0.2, -0.15) is 0 Å². The molecule has 1 saturated heterocycles. The molecule has 3 N–H and O–H groups in total. The first kappa shape index (κ1) is 20.9. The van der Waals surface area contributed by atoms with Gasteiger partial charge in [0.1, 0.15) is 0 Å². The largest absolute Gasteiger partial charge is 0.339 e. The van der Waals surface area contributed by atoms with E-state index in [9.17, 15) is 9.59 Å². The molecule has 0 aromatic heterocycles. The molecule has 6 heteroatoms. The number of nitrogens with two attached hydrogens (primary N) is 1. The Balaban J connectivity index is 0.00000261. The number of carbonyl (C=O) groups is 2. The van der Waals surface area contributed by atoms with Crippen molar-refractivity contribution in [1.82, 2.24) is 4.90 Å². The van der Waals surface area contributed by atoms with Gasteiger partial charge in [-0.15, -0.1) is 12.4 Å². The number of nitrogens with zero attached hydrogens (tertiary/aromatic N) is 1. The third kappa shape index (κ3) is 5.08. The maximum atomic E-state index is 12.5. The van der Waals surface area contributed by atoms with Gasteiger partial charge in [-0.3, -0.25) is 9.59 Å². The number of likely N-dealkylation sites (tertiary alicyclic amines) is 1. The Bertz CT molecular complexity index is 759. The highest BCUT2D eigenvalue weighted by Crippen LogP contribution is 2.21. The van der Waals surface area contributed by atoms with Gasteiger partial charge in [-0.25, -0.2) is 0 Å². The summed E-state index contributed by atoms with van der Waals surface area (Å²) in [6.07, 6.45) is 2.14. The summed E-state index contributed by atoms with van der Waals surface area (Å²) in [6, 6.07) is 16.3. The smallest absolute Gasteiger partial charge is 0.253 e. The molecule has 3 rings (SSSR count). The fourth-order valence-corrected chi connectivity index (χ4v) is 3.18. The van der Waals surface area contributed by atoms with Gasteiger partial charge in [0.15, 0.2) is 0 Å². The van der Waals surface area contributed by atoms with Crippen LogP contribution in [0, 0.1) is 5.92 Å². The highest BCUT2D eigenvalue weighted by atomic mass is 35.5. The van der Waals surface area contributed by atoms with Crippen LogP contribution in [0.5, 0.6) is 0 Å². The second-order valence-corrected chi connectivity index (χ2v) is 6.79. The average Bonchev–Trinajstić information content (AvgIpc) is 3.22. The van der Waals surface area contributed by atoms with Crippen molar-refractivity contribution in [3.63, 3.8) is 0 Å². The predicted molar refractivity (Wildman–Crippen MR) is 110 cm³/mol. The summed E-state index contributed by atoms with van der Waals surface area (Å²) in [6.45, 7) is 3.47. The lowest BCUT2D eigenvalue weighted by Gasteiger charge is -2.20. The maximum absolute atomic E-state index is 12.5. The van der Waals surface area contributed by atoms with Gasteiger partial charge >= 0.3 is 0 Å². The van der Waals surface area contributed by atoms with Crippen molar-refractivity contribution in [2.24, 2.45) is 11.7 Å². The first-order chi connectivity index (χ1) is 12.6. The van der Waals surface area contributed by atoms with Crippen LogP contribution < -0.4 is 11.1 Å². The normalized spacial score (nSPS) is 15.6. The minimum atomic E-state index is -0.372. The molecular weight excluding hydrogens is 362 g/mol. The summed E-state index contributed by atoms with van der Waals surface area (Å²) in [5.74, 6) is -0.455. The molecule has 2 atom stereocenters. The van der Waals surface area contributed by atoms with E-state index in [1.54, 1.807) is 24.3 Å². The van der Waals surface area contributed by atoms with E-state index in [4.69, 9.17) is 5.73 Å². The summed E-state index contributed by atoms with van der Waals surface area (Å²) in [5, 5.41) is 2.88. The quantitative estimate of drug-likeness (QED) is 0.822. The number of hydrogen-bond acceptors (Lipinski definition) is 3. The van der Waals surface area contributed by atoms with Crippen LogP contribution in [0.25, 0.3) is 0 Å². The monoisotopic (exact) mass is 387 g/mol. The Hall–Kier alpha value is -2.37. The number of benzene rings is 2. The Kier molecular flexibility index (Phi) is 7.39. The van der Waals surface area contributed by atoms with Crippen LogP contribution in [0.4, 0.5) is 5.69 Å². The Labute approximate surface area is 166 Å². The van der Waals surface area contributed by atoms with Crippen molar-refractivity contribution in [3.05, 3.63) is 65.7 Å². The van der Waals surface area contributed by atoms with E-state index in [-0.39, 0.29) is 36.2 Å². The Morgan fingerprint density at radius 3 is 2.19 bits per heavy atom. The van der Waals surface area contributed by atoms with Crippen LogP contribution in [0.2, 0.25) is 0 Å². The number of anilines is 1. The van der Waals surface area contributed by atoms with E-state index in [0.717, 1.165) is 31.5 Å². The molecule has 2 aromatic carbocycles. The minimum absolute atomic E-state index is 0. The van der Waals surface area contributed by atoms with Crippen LogP contribution in [0.1, 0.15) is 41.7 Å². The fraction of sp³-hybridized carbons (Fsp3) is 0.333. The number of hydrogen-bond donors (Lipinski definition) is 2. The molecule has 2 aromatic rings. The van der Waals surface area contributed by atoms with Crippen molar-refractivity contribution >= 4 is 29.9 Å². The summed E-state index contributed by atoms with van der Waals surface area (Å²) < 4.78 is 0. The van der Waals surface area contributed by atoms with E-state index in [1.165, 1.54) is 0 Å². The molecule has 2 unspecified atom stereocenters. The van der Waals surface area contributed by atoms with E-state index >= 15 is 0 Å². The van der Waals surface area contributed by atoms with E-state index in [1.807, 2.05) is 42.2 Å². The molecule has 0 radical (unpaired) electrons. The Morgan fingerprint density at radius 1 is 1.00 bits per heavy atom. The molecule has 0 aliphatic carbocycles. The van der Waals surface area contributed by atoms with Crippen molar-refractivity contribution in [2.45, 2.75) is 25.8 Å². The van der Waals surface area contributed by atoms with Crippen LogP contribution >= 0.6 is 12.4 Å². The summed E-state index contributed by atoms with van der Waals surface area (Å²) >= 11 is 0. The van der Waals surface area contributed by atoms with Crippen LogP contribution in [0.15, 0.2) is 54.6 Å². The van der Waals surface area contributed by atoms with Crippen molar-refractivity contribution in [2.75, 3.05) is 18.4 Å². The molecule has 0 spiro atoms. The Morgan fingerprint density at radius 2 is 1.59 bits per heavy atom. The maximum Gasteiger partial charge on any atom is 0.253 e. The molecule has 0 bridgehead atoms. The summed E-state index contributed by atoms with van der Waals surface area (Å²) in [7, 11) is 0. The lowest BCUT2D eigenvalue weighted by Crippen LogP contribution is -2.30. The number of carbonyl (C=O) groups excluding carboxylic acids is 2. The highest BCUT2D eigenvalue weighted by Gasteiger charge is 2.23. The minimum Gasteiger partial charge on any atom is -0.339 e. The fourth-order valence-electron chi connectivity index (χ4n) is 3.18. The van der Waals surface area contributed by atoms with Gasteiger partial charge in [0.05, 0.1) is 5.92 Å². The van der Waals surface area contributed by atoms with Gasteiger partial charge in [0.25, 0.3) is 5.91 Å². The zero-order chi connectivity index (χ0) is 18.5. The third-order valence-corrected chi connectivity index (χ3v) is 4.93. The standard InChI is InChI=1S/C21H25N3O2.ClH/c1-15(19(22)16-7-3-2-4-8-16)20(25)23-18-11-9-17(10-12-18)21(26)24-13-5-6-14-24;/h2-4,7-12,15,19H,5-6,13-14,22H2,1H3,(H,23,25);1H. The topological polar surface area (TPSA) is 75.4 Å². The molecule has 1 heterocycles. The van der Waals surface area contributed by atoms with Crippen LogP contribution in [-0.4, -0.2) is 29.8 Å². The van der Waals surface area contributed by atoms with E-state index < -0.39 is 0 Å². The highest BCUT2D eigenvalue weighted by molar-refractivity contribution is 5.96. The number of halogens is 1. The van der Waals surface area contributed by atoms with Gasteiger partial charge in [-0.1, -0.05) is 37.3 Å². The first-order valence-electron chi connectivity index (χ1n) is 9.07. The first-order valence-corrected chi connectivity index (χ1v) is 9.07. The van der Waals surface area contributed by atoms with E-state index in [2.05, 4.69) is 5.32 Å². The molecule has 144 valence electrons. The molecule has 5 nitrogen and oxygen atoms in total. The average molecular weight is 388 g/mol. The van der Waals surface area contributed by atoms with Gasteiger partial charge in [0.2, 0.25) is 5.91 Å². The summed E-state index contributed by atoms with van der Waals surface area (Å²) in [4.78, 5) is 26.7. The van der Waals surface area contributed by atoms with Crippen molar-refractivity contribution in [3.8, 4) is 0 Å². The molecule has 1 aliphatic heterocycles. The zero-order valence-electron chi connectivity index (χ0n) is 15.4. The number of nitrogens with one attached hydrogen (secondary N) is 1. The molecule has 1 fully saturated rings. The van der Waals surface area contributed by atoms with E-state index in [0.29, 0.717) is 11.3 Å². The number of rotatable bonds is 5. The van der Waals surface area contributed by atoms with Crippen LogP contribution in [0.3, 0.4) is 0 Å². The molecule has 1 aliphatic rings. The van der Waals surface area contributed by atoms with Gasteiger partial charge in [0, 0.05) is 30.4 Å². The van der Waals surface area contributed by atoms with Crippen molar-refractivity contribution in [1.29, 1.82) is 0 Å². The molecule has 2 amide bonds. The SMILES string of the molecule is CC(C(=O)Nc1ccc(C(=O)N2CCCC2)cc1)C(N)c1ccccc1.Cl. The lowest BCUT2D eigenvalue weighted by atomic mass is 9.94. The van der Waals surface area contributed by atoms with Crippen molar-refractivity contribution < 1.29 is 9.59 Å². The second kappa shape index (κ2) is 9.53. The summed E-state index contributed by atoms with van der Waals surface area (Å²) in [5.41, 5.74) is 8.47.